The summed E-state index contributed by atoms with van der Waals surface area (Å²) >= 11 is 0. The van der Waals surface area contributed by atoms with Crippen LogP contribution in [-0.2, 0) is 0 Å². The van der Waals surface area contributed by atoms with Crippen molar-refractivity contribution < 1.29 is 9.18 Å². The average Bonchev–Trinajstić information content (AvgIpc) is 2.49. The van der Waals surface area contributed by atoms with Crippen LogP contribution in [0.3, 0.4) is 0 Å². The maximum absolute atomic E-state index is 13.6. The molecule has 0 fully saturated rings. The number of pyridine rings is 1. The molecule has 1 aromatic heterocycles. The summed E-state index contributed by atoms with van der Waals surface area (Å²) in [6.45, 7) is 1.79. The van der Waals surface area contributed by atoms with Gasteiger partial charge in [0.15, 0.2) is 5.43 Å². The molecule has 0 aliphatic rings. The Kier molecular flexibility index (Phi) is 3.47. The second-order valence-electron chi connectivity index (χ2n) is 5.01. The number of aromatic nitrogens is 1. The first kappa shape index (κ1) is 14.0. The number of hydrogen-bond donors (Lipinski definition) is 2. The quantitative estimate of drug-likeness (QED) is 0.762. The average molecular weight is 296 g/mol. The van der Waals surface area contributed by atoms with E-state index in [2.05, 4.69) is 10.3 Å². The Balaban J connectivity index is 1.98. The number of aryl methyl sites for hydroxylation is 1. The van der Waals surface area contributed by atoms with Crippen molar-refractivity contribution in [3.63, 3.8) is 0 Å². The number of fused-ring (bicyclic) bond motifs is 1. The topological polar surface area (TPSA) is 62.0 Å². The van der Waals surface area contributed by atoms with Crippen LogP contribution in [0.15, 0.2) is 53.3 Å². The third-order valence-electron chi connectivity index (χ3n) is 3.35. The van der Waals surface area contributed by atoms with Crippen LogP contribution in [0.25, 0.3) is 10.9 Å². The van der Waals surface area contributed by atoms with Crippen molar-refractivity contribution in [2.75, 3.05) is 5.32 Å². The van der Waals surface area contributed by atoms with Crippen LogP contribution in [0.4, 0.5) is 10.1 Å². The monoisotopic (exact) mass is 296 g/mol. The van der Waals surface area contributed by atoms with Gasteiger partial charge in [0.05, 0.1) is 5.69 Å². The van der Waals surface area contributed by atoms with Crippen LogP contribution in [0.2, 0.25) is 0 Å². The van der Waals surface area contributed by atoms with Gasteiger partial charge in [-0.25, -0.2) is 4.39 Å². The molecule has 0 saturated heterocycles. The molecular weight excluding hydrogens is 283 g/mol. The first-order valence-corrected chi connectivity index (χ1v) is 6.74. The van der Waals surface area contributed by atoms with Crippen LogP contribution < -0.4 is 10.7 Å². The van der Waals surface area contributed by atoms with Crippen molar-refractivity contribution in [3.05, 3.63) is 75.8 Å². The summed E-state index contributed by atoms with van der Waals surface area (Å²) in [7, 11) is 0. The largest absolute Gasteiger partial charge is 0.358 e. The van der Waals surface area contributed by atoms with Crippen LogP contribution in [0.1, 0.15) is 16.1 Å². The summed E-state index contributed by atoms with van der Waals surface area (Å²) in [6.07, 6.45) is 0. The van der Waals surface area contributed by atoms with Crippen molar-refractivity contribution in [1.29, 1.82) is 0 Å². The predicted molar refractivity (Wildman–Crippen MR) is 83.7 cm³/mol. The Morgan fingerprint density at radius 1 is 1.14 bits per heavy atom. The number of carbonyl (C=O) groups is 1. The van der Waals surface area contributed by atoms with E-state index in [1.807, 2.05) is 0 Å². The zero-order valence-corrected chi connectivity index (χ0v) is 11.8. The number of hydrogen-bond acceptors (Lipinski definition) is 2. The van der Waals surface area contributed by atoms with Gasteiger partial charge >= 0.3 is 0 Å². The highest BCUT2D eigenvalue weighted by Crippen LogP contribution is 2.16. The maximum Gasteiger partial charge on any atom is 0.255 e. The summed E-state index contributed by atoms with van der Waals surface area (Å²) in [5.41, 5.74) is 1.65. The van der Waals surface area contributed by atoms with Crippen molar-refractivity contribution in [1.82, 2.24) is 4.98 Å². The highest BCUT2D eigenvalue weighted by Gasteiger charge is 2.10. The standard InChI is InChI=1S/C17H13FN2O2/c1-10-8-16(21)12-9-11(6-7-14(12)19-10)17(22)20-15-5-3-2-4-13(15)18/h2-9H,1H3,(H,19,21)(H,20,22). The fraction of sp³-hybridized carbons (Fsp3) is 0.0588. The van der Waals surface area contributed by atoms with Crippen molar-refractivity contribution in [2.45, 2.75) is 6.92 Å². The maximum atomic E-state index is 13.6. The molecule has 2 N–H and O–H groups in total. The summed E-state index contributed by atoms with van der Waals surface area (Å²) < 4.78 is 13.6. The molecule has 0 radical (unpaired) electrons. The number of nitrogens with one attached hydrogen (secondary N) is 2. The van der Waals surface area contributed by atoms with Gasteiger partial charge in [0, 0.05) is 28.2 Å². The van der Waals surface area contributed by atoms with E-state index in [1.165, 1.54) is 24.3 Å². The van der Waals surface area contributed by atoms with Gasteiger partial charge in [-0.3, -0.25) is 9.59 Å². The zero-order chi connectivity index (χ0) is 15.7. The van der Waals surface area contributed by atoms with Crippen LogP contribution >= 0.6 is 0 Å². The smallest absolute Gasteiger partial charge is 0.255 e. The fourth-order valence-corrected chi connectivity index (χ4v) is 2.28. The predicted octanol–water partition coefficient (Wildman–Crippen LogP) is 3.23. The number of benzene rings is 2. The Morgan fingerprint density at radius 3 is 2.68 bits per heavy atom. The number of halogens is 1. The molecular formula is C17H13FN2O2. The lowest BCUT2D eigenvalue weighted by molar-refractivity contribution is 0.102. The number of para-hydroxylation sites is 1. The first-order chi connectivity index (χ1) is 10.5. The molecule has 1 amide bonds. The van der Waals surface area contributed by atoms with Gasteiger partial charge in [-0.15, -0.1) is 0 Å². The lowest BCUT2D eigenvalue weighted by Crippen LogP contribution is -2.14. The molecule has 0 saturated carbocycles. The Hall–Kier alpha value is -2.95. The minimum Gasteiger partial charge on any atom is -0.358 e. The summed E-state index contributed by atoms with van der Waals surface area (Å²) in [5, 5.41) is 2.92. The number of carbonyl (C=O) groups excluding carboxylic acids is 1. The zero-order valence-electron chi connectivity index (χ0n) is 11.8. The normalized spacial score (nSPS) is 10.6. The van der Waals surface area contributed by atoms with E-state index >= 15 is 0 Å². The van der Waals surface area contributed by atoms with E-state index in [4.69, 9.17) is 0 Å². The molecule has 5 heteroatoms. The van der Waals surface area contributed by atoms with Crippen LogP contribution in [-0.4, -0.2) is 10.9 Å². The molecule has 3 rings (SSSR count). The van der Waals surface area contributed by atoms with Gasteiger partial charge < -0.3 is 10.3 Å². The Morgan fingerprint density at radius 2 is 1.91 bits per heavy atom. The Bertz CT molecular complexity index is 931. The Labute approximate surface area is 125 Å². The second-order valence-corrected chi connectivity index (χ2v) is 5.01. The summed E-state index contributed by atoms with van der Waals surface area (Å²) in [5.74, 6) is -0.975. The van der Waals surface area contributed by atoms with Gasteiger partial charge in [-0.05, 0) is 37.3 Å². The molecule has 0 aliphatic heterocycles. The van der Waals surface area contributed by atoms with E-state index in [0.29, 0.717) is 16.5 Å². The molecule has 0 spiro atoms. The van der Waals surface area contributed by atoms with Gasteiger partial charge in [0.1, 0.15) is 5.82 Å². The van der Waals surface area contributed by atoms with Crippen LogP contribution in [0.5, 0.6) is 0 Å². The lowest BCUT2D eigenvalue weighted by Gasteiger charge is -2.07. The van der Waals surface area contributed by atoms with E-state index < -0.39 is 11.7 Å². The van der Waals surface area contributed by atoms with E-state index in [1.54, 1.807) is 31.2 Å². The molecule has 110 valence electrons. The molecule has 1 heterocycles. The van der Waals surface area contributed by atoms with Crippen molar-refractivity contribution >= 4 is 22.5 Å². The fourth-order valence-electron chi connectivity index (χ4n) is 2.28. The summed E-state index contributed by atoms with van der Waals surface area (Å²) in [4.78, 5) is 27.2. The van der Waals surface area contributed by atoms with E-state index in [-0.39, 0.29) is 11.1 Å². The highest BCUT2D eigenvalue weighted by molar-refractivity contribution is 6.06. The molecule has 4 nitrogen and oxygen atoms in total. The molecule has 0 aliphatic carbocycles. The molecule has 0 atom stereocenters. The molecule has 0 unspecified atom stereocenters. The van der Waals surface area contributed by atoms with Gasteiger partial charge in [0.2, 0.25) is 0 Å². The summed E-state index contributed by atoms with van der Waals surface area (Å²) in [6, 6.07) is 12.2. The van der Waals surface area contributed by atoms with Gasteiger partial charge in [0.25, 0.3) is 5.91 Å². The SMILES string of the molecule is Cc1cc(=O)c2cc(C(=O)Nc3ccccc3F)ccc2[nH]1. The number of H-pyrrole nitrogens is 1. The number of rotatable bonds is 2. The van der Waals surface area contributed by atoms with Gasteiger partial charge in [-0.1, -0.05) is 12.1 Å². The second kappa shape index (κ2) is 5.44. The molecule has 3 aromatic rings. The highest BCUT2D eigenvalue weighted by atomic mass is 19.1. The molecule has 2 aromatic carbocycles. The lowest BCUT2D eigenvalue weighted by atomic mass is 10.1. The minimum atomic E-state index is -0.509. The van der Waals surface area contributed by atoms with E-state index in [0.717, 1.165) is 5.69 Å². The first-order valence-electron chi connectivity index (χ1n) is 6.74. The van der Waals surface area contributed by atoms with Crippen LogP contribution in [0, 0.1) is 12.7 Å². The minimum absolute atomic E-state index is 0.102. The van der Waals surface area contributed by atoms with Crippen molar-refractivity contribution in [3.8, 4) is 0 Å². The molecule has 22 heavy (non-hydrogen) atoms. The van der Waals surface area contributed by atoms with Gasteiger partial charge in [-0.2, -0.15) is 0 Å². The van der Waals surface area contributed by atoms with Crippen molar-refractivity contribution in [2.24, 2.45) is 0 Å². The number of amides is 1. The number of aromatic amines is 1. The molecule has 0 bridgehead atoms. The third-order valence-corrected chi connectivity index (χ3v) is 3.35. The number of anilines is 1. The van der Waals surface area contributed by atoms with E-state index in [9.17, 15) is 14.0 Å². The third kappa shape index (κ3) is 2.61.